The van der Waals surface area contributed by atoms with Crippen LogP contribution in [0.2, 0.25) is 0 Å². The van der Waals surface area contributed by atoms with Crippen molar-refractivity contribution in [1.82, 2.24) is 0 Å². The van der Waals surface area contributed by atoms with Crippen LogP contribution < -0.4 is 5.32 Å². The van der Waals surface area contributed by atoms with Crippen molar-refractivity contribution >= 4 is 11.7 Å². The minimum atomic E-state index is -4.41. The maximum Gasteiger partial charge on any atom is 0.416 e. The fraction of sp³-hybridized carbons (Fsp3) is 0.133. The molecule has 116 valence electrons. The van der Waals surface area contributed by atoms with Crippen LogP contribution in [-0.2, 0) is 12.7 Å². The standard InChI is InChI=1S/C15H11F4NO2/c16-13-7-9(14(21)22)1-2-10(13)8-20-12-5-3-11(4-6-12)15(17,18)19/h1-7,20H,8H2,(H,21,22). The van der Waals surface area contributed by atoms with Gasteiger partial charge in [0.25, 0.3) is 0 Å². The molecule has 0 heterocycles. The van der Waals surface area contributed by atoms with Gasteiger partial charge in [0, 0.05) is 17.8 Å². The Balaban J connectivity index is 2.05. The van der Waals surface area contributed by atoms with Gasteiger partial charge in [-0.2, -0.15) is 13.2 Å². The molecule has 0 aliphatic rings. The number of carbonyl (C=O) groups is 1. The van der Waals surface area contributed by atoms with Crippen LogP contribution in [0.3, 0.4) is 0 Å². The molecule has 3 nitrogen and oxygen atoms in total. The summed E-state index contributed by atoms with van der Waals surface area (Å²) in [6.07, 6.45) is -4.41. The van der Waals surface area contributed by atoms with Crippen molar-refractivity contribution in [1.29, 1.82) is 0 Å². The van der Waals surface area contributed by atoms with E-state index in [1.165, 1.54) is 24.3 Å². The fourth-order valence-corrected chi connectivity index (χ4v) is 1.80. The molecule has 0 aliphatic carbocycles. The van der Waals surface area contributed by atoms with E-state index in [2.05, 4.69) is 5.32 Å². The summed E-state index contributed by atoms with van der Waals surface area (Å²) in [6, 6.07) is 7.80. The summed E-state index contributed by atoms with van der Waals surface area (Å²) in [5.74, 6) is -1.93. The molecule has 2 N–H and O–H groups in total. The highest BCUT2D eigenvalue weighted by Gasteiger charge is 2.29. The van der Waals surface area contributed by atoms with Crippen molar-refractivity contribution in [2.24, 2.45) is 0 Å². The van der Waals surface area contributed by atoms with Crippen LogP contribution in [0.25, 0.3) is 0 Å². The first-order valence-electron chi connectivity index (χ1n) is 6.20. The van der Waals surface area contributed by atoms with Gasteiger partial charge in [0.1, 0.15) is 5.82 Å². The fourth-order valence-electron chi connectivity index (χ4n) is 1.80. The summed E-state index contributed by atoms with van der Waals surface area (Å²) >= 11 is 0. The van der Waals surface area contributed by atoms with Crippen LogP contribution in [0, 0.1) is 5.82 Å². The van der Waals surface area contributed by atoms with Crippen molar-refractivity contribution in [2.45, 2.75) is 12.7 Å². The van der Waals surface area contributed by atoms with Crippen LogP contribution in [0.4, 0.5) is 23.2 Å². The predicted octanol–water partition coefficient (Wildman–Crippen LogP) is 4.15. The van der Waals surface area contributed by atoms with E-state index in [4.69, 9.17) is 5.11 Å². The van der Waals surface area contributed by atoms with Gasteiger partial charge in [-0.3, -0.25) is 0 Å². The predicted molar refractivity (Wildman–Crippen MR) is 72.1 cm³/mol. The molecule has 0 amide bonds. The topological polar surface area (TPSA) is 49.3 Å². The third-order valence-corrected chi connectivity index (χ3v) is 3.00. The first kappa shape index (κ1) is 15.8. The molecule has 0 bridgehead atoms. The molecule has 0 fully saturated rings. The summed E-state index contributed by atoms with van der Waals surface area (Å²) in [4.78, 5) is 10.7. The lowest BCUT2D eigenvalue weighted by molar-refractivity contribution is -0.137. The highest BCUT2D eigenvalue weighted by atomic mass is 19.4. The van der Waals surface area contributed by atoms with E-state index in [-0.39, 0.29) is 17.7 Å². The molecular weight excluding hydrogens is 302 g/mol. The first-order valence-corrected chi connectivity index (χ1v) is 6.20. The molecule has 2 rings (SSSR count). The van der Waals surface area contributed by atoms with Crippen molar-refractivity contribution in [3.05, 3.63) is 65.0 Å². The molecule has 0 saturated carbocycles. The number of benzene rings is 2. The number of hydrogen-bond acceptors (Lipinski definition) is 2. The van der Waals surface area contributed by atoms with E-state index in [0.29, 0.717) is 5.69 Å². The zero-order valence-corrected chi connectivity index (χ0v) is 11.1. The van der Waals surface area contributed by atoms with Crippen molar-refractivity contribution in [3.8, 4) is 0 Å². The Morgan fingerprint density at radius 3 is 2.23 bits per heavy atom. The van der Waals surface area contributed by atoms with Crippen molar-refractivity contribution in [3.63, 3.8) is 0 Å². The van der Waals surface area contributed by atoms with Gasteiger partial charge >= 0.3 is 12.1 Å². The second kappa shape index (κ2) is 6.05. The lowest BCUT2D eigenvalue weighted by atomic mass is 10.1. The Morgan fingerprint density at radius 1 is 1.09 bits per heavy atom. The molecule has 0 aromatic heterocycles. The highest BCUT2D eigenvalue weighted by molar-refractivity contribution is 5.87. The third kappa shape index (κ3) is 3.75. The average Bonchev–Trinajstić information content (AvgIpc) is 2.45. The van der Waals surface area contributed by atoms with E-state index < -0.39 is 23.5 Å². The first-order chi connectivity index (χ1) is 10.3. The quantitative estimate of drug-likeness (QED) is 0.834. The van der Waals surface area contributed by atoms with Crippen LogP contribution in [-0.4, -0.2) is 11.1 Å². The van der Waals surface area contributed by atoms with E-state index in [9.17, 15) is 22.4 Å². The van der Waals surface area contributed by atoms with E-state index in [1.54, 1.807) is 0 Å². The lowest BCUT2D eigenvalue weighted by Crippen LogP contribution is -2.06. The average molecular weight is 313 g/mol. The molecule has 7 heteroatoms. The number of alkyl halides is 3. The summed E-state index contributed by atoms with van der Waals surface area (Å²) in [6.45, 7) is 0.0249. The molecule has 22 heavy (non-hydrogen) atoms. The SMILES string of the molecule is O=C(O)c1ccc(CNc2ccc(C(F)(F)F)cc2)c(F)c1. The van der Waals surface area contributed by atoms with Gasteiger partial charge in [0.15, 0.2) is 0 Å². The lowest BCUT2D eigenvalue weighted by Gasteiger charge is -2.10. The van der Waals surface area contributed by atoms with Gasteiger partial charge in [-0.15, -0.1) is 0 Å². The number of nitrogens with one attached hydrogen (secondary N) is 1. The van der Waals surface area contributed by atoms with Crippen LogP contribution >= 0.6 is 0 Å². The van der Waals surface area contributed by atoms with Gasteiger partial charge in [-0.1, -0.05) is 6.07 Å². The minimum absolute atomic E-state index is 0.0249. The summed E-state index contributed by atoms with van der Waals surface area (Å²) in [5, 5.41) is 11.5. The Hall–Kier alpha value is -2.57. The molecular formula is C15H11F4NO2. The molecule has 2 aromatic rings. The zero-order chi connectivity index (χ0) is 16.3. The number of hydrogen-bond donors (Lipinski definition) is 2. The van der Waals surface area contributed by atoms with E-state index in [1.807, 2.05) is 0 Å². The molecule has 2 aromatic carbocycles. The van der Waals surface area contributed by atoms with Crippen molar-refractivity contribution < 1.29 is 27.5 Å². The zero-order valence-electron chi connectivity index (χ0n) is 11.1. The van der Waals surface area contributed by atoms with Crippen LogP contribution in [0.15, 0.2) is 42.5 Å². The third-order valence-electron chi connectivity index (χ3n) is 3.00. The van der Waals surface area contributed by atoms with Gasteiger partial charge in [-0.05, 0) is 36.4 Å². The summed E-state index contributed by atoms with van der Waals surface area (Å²) < 4.78 is 50.9. The molecule has 0 aliphatic heterocycles. The van der Waals surface area contributed by atoms with Crippen LogP contribution in [0.1, 0.15) is 21.5 Å². The van der Waals surface area contributed by atoms with E-state index in [0.717, 1.165) is 18.2 Å². The number of aromatic carboxylic acids is 1. The number of anilines is 1. The van der Waals surface area contributed by atoms with Gasteiger partial charge in [-0.25, -0.2) is 9.18 Å². The Kier molecular flexibility index (Phi) is 4.35. The number of carboxylic acids is 1. The molecule has 0 saturated heterocycles. The summed E-state index contributed by atoms with van der Waals surface area (Å²) in [7, 11) is 0. The Bertz CT molecular complexity index is 681. The minimum Gasteiger partial charge on any atom is -0.478 e. The largest absolute Gasteiger partial charge is 0.478 e. The number of halogens is 4. The van der Waals surface area contributed by atoms with Gasteiger partial charge in [0.05, 0.1) is 11.1 Å². The van der Waals surface area contributed by atoms with Crippen LogP contribution in [0.5, 0.6) is 0 Å². The highest BCUT2D eigenvalue weighted by Crippen LogP contribution is 2.29. The molecule has 0 atom stereocenters. The normalized spacial score (nSPS) is 11.3. The number of rotatable bonds is 4. The van der Waals surface area contributed by atoms with Crippen molar-refractivity contribution in [2.75, 3.05) is 5.32 Å². The number of carboxylic acid groups (broad SMARTS) is 1. The van der Waals surface area contributed by atoms with Gasteiger partial charge in [0.2, 0.25) is 0 Å². The van der Waals surface area contributed by atoms with Gasteiger partial charge < -0.3 is 10.4 Å². The molecule has 0 radical (unpaired) electrons. The van der Waals surface area contributed by atoms with E-state index >= 15 is 0 Å². The second-order valence-electron chi connectivity index (χ2n) is 4.54. The maximum atomic E-state index is 13.7. The molecule has 0 unspecified atom stereocenters. The smallest absolute Gasteiger partial charge is 0.416 e. The monoisotopic (exact) mass is 313 g/mol. The molecule has 0 spiro atoms. The Morgan fingerprint density at radius 2 is 1.73 bits per heavy atom. The maximum absolute atomic E-state index is 13.7. The Labute approximate surface area is 123 Å². The second-order valence-corrected chi connectivity index (χ2v) is 4.54. The summed E-state index contributed by atoms with van der Waals surface area (Å²) in [5.41, 5.74) is -0.328.